The van der Waals surface area contributed by atoms with Gasteiger partial charge in [-0.1, -0.05) is 0 Å². The molecule has 0 aliphatic heterocycles. The molecule has 0 radical (unpaired) electrons. The van der Waals surface area contributed by atoms with Crippen molar-refractivity contribution in [3.63, 3.8) is 0 Å². The van der Waals surface area contributed by atoms with Gasteiger partial charge in [-0.25, -0.2) is 0 Å². The van der Waals surface area contributed by atoms with Crippen LogP contribution in [0.3, 0.4) is 0 Å². The topological polar surface area (TPSA) is 90.5 Å². The number of rotatable bonds is 5. The standard InChI is InChI=1S/C12H14N2O4/c1-7(15)8-4-10(13-5-8)12(18)14(6-11(16)17)9-2-3-9/h4-5,9,13H,2-3,6H2,1H3,(H,16,17). The number of Topliss-reactive ketones (excluding diaryl/α,β-unsaturated/α-hetero) is 1. The van der Waals surface area contributed by atoms with Gasteiger partial charge in [0.2, 0.25) is 0 Å². The van der Waals surface area contributed by atoms with E-state index in [9.17, 15) is 14.4 Å². The Morgan fingerprint density at radius 2 is 2.11 bits per heavy atom. The van der Waals surface area contributed by atoms with Crippen molar-refractivity contribution in [1.82, 2.24) is 9.88 Å². The zero-order valence-corrected chi connectivity index (χ0v) is 9.97. The lowest BCUT2D eigenvalue weighted by atomic mass is 10.2. The second-order valence-electron chi connectivity index (χ2n) is 4.42. The van der Waals surface area contributed by atoms with E-state index in [1.165, 1.54) is 24.1 Å². The molecule has 6 heteroatoms. The molecule has 1 aliphatic rings. The molecule has 1 aliphatic carbocycles. The third kappa shape index (κ3) is 2.58. The van der Waals surface area contributed by atoms with Gasteiger partial charge in [0.25, 0.3) is 5.91 Å². The fourth-order valence-corrected chi connectivity index (χ4v) is 1.77. The number of carboxylic acids is 1. The van der Waals surface area contributed by atoms with E-state index in [0.717, 1.165) is 12.8 Å². The minimum Gasteiger partial charge on any atom is -0.480 e. The molecule has 18 heavy (non-hydrogen) atoms. The van der Waals surface area contributed by atoms with Crippen LogP contribution < -0.4 is 0 Å². The van der Waals surface area contributed by atoms with Crippen molar-refractivity contribution in [2.45, 2.75) is 25.8 Å². The second-order valence-corrected chi connectivity index (χ2v) is 4.42. The number of carboxylic acid groups (broad SMARTS) is 1. The Morgan fingerprint density at radius 3 is 2.56 bits per heavy atom. The molecule has 2 rings (SSSR count). The first-order valence-electron chi connectivity index (χ1n) is 5.71. The van der Waals surface area contributed by atoms with E-state index in [1.807, 2.05) is 0 Å². The lowest BCUT2D eigenvalue weighted by molar-refractivity contribution is -0.137. The van der Waals surface area contributed by atoms with Crippen LogP contribution in [0.5, 0.6) is 0 Å². The van der Waals surface area contributed by atoms with E-state index in [2.05, 4.69) is 4.98 Å². The Bertz CT molecular complexity index is 502. The number of hydrogen-bond acceptors (Lipinski definition) is 3. The first-order chi connectivity index (χ1) is 8.49. The summed E-state index contributed by atoms with van der Waals surface area (Å²) in [6.45, 7) is 1.10. The van der Waals surface area contributed by atoms with Crippen LogP contribution >= 0.6 is 0 Å². The van der Waals surface area contributed by atoms with Crippen LogP contribution in [-0.4, -0.2) is 45.2 Å². The van der Waals surface area contributed by atoms with Crippen molar-refractivity contribution in [2.24, 2.45) is 0 Å². The summed E-state index contributed by atoms with van der Waals surface area (Å²) in [5.74, 6) is -1.54. The molecule has 2 N–H and O–H groups in total. The van der Waals surface area contributed by atoms with Crippen LogP contribution in [-0.2, 0) is 4.79 Å². The van der Waals surface area contributed by atoms with Gasteiger partial charge >= 0.3 is 5.97 Å². The highest BCUT2D eigenvalue weighted by atomic mass is 16.4. The SMILES string of the molecule is CC(=O)c1c[nH]c(C(=O)N(CC(=O)O)C2CC2)c1. The third-order valence-electron chi connectivity index (χ3n) is 2.87. The number of hydrogen-bond donors (Lipinski definition) is 2. The molecule has 1 fully saturated rings. The molecule has 1 heterocycles. The third-order valence-corrected chi connectivity index (χ3v) is 2.87. The molecule has 1 aromatic rings. The summed E-state index contributed by atoms with van der Waals surface area (Å²) >= 11 is 0. The van der Waals surface area contributed by atoms with E-state index < -0.39 is 5.97 Å². The maximum atomic E-state index is 12.1. The van der Waals surface area contributed by atoms with Gasteiger partial charge in [0.05, 0.1) is 0 Å². The number of nitrogens with one attached hydrogen (secondary N) is 1. The monoisotopic (exact) mass is 250 g/mol. The molecule has 1 saturated carbocycles. The van der Waals surface area contributed by atoms with E-state index in [4.69, 9.17) is 5.11 Å². The van der Waals surface area contributed by atoms with E-state index in [-0.39, 0.29) is 30.0 Å². The zero-order valence-electron chi connectivity index (χ0n) is 9.97. The van der Waals surface area contributed by atoms with Crippen molar-refractivity contribution in [1.29, 1.82) is 0 Å². The van der Waals surface area contributed by atoms with Gasteiger partial charge in [0.15, 0.2) is 5.78 Å². The second kappa shape index (κ2) is 4.64. The van der Waals surface area contributed by atoms with Crippen molar-refractivity contribution in [3.05, 3.63) is 23.5 Å². The van der Waals surface area contributed by atoms with E-state index in [1.54, 1.807) is 0 Å². The molecule has 6 nitrogen and oxygen atoms in total. The number of amides is 1. The number of aromatic amines is 1. The van der Waals surface area contributed by atoms with Crippen molar-refractivity contribution >= 4 is 17.7 Å². The Hall–Kier alpha value is -2.11. The zero-order chi connectivity index (χ0) is 13.3. The van der Waals surface area contributed by atoms with Crippen LogP contribution in [0.15, 0.2) is 12.3 Å². The van der Waals surface area contributed by atoms with Gasteiger partial charge < -0.3 is 15.0 Å². The molecule has 0 spiro atoms. The number of aliphatic carboxylic acids is 1. The summed E-state index contributed by atoms with van der Waals surface area (Å²) in [5.41, 5.74) is 0.678. The quantitative estimate of drug-likeness (QED) is 0.760. The number of aromatic nitrogens is 1. The Kier molecular flexibility index (Phi) is 3.18. The van der Waals surface area contributed by atoms with Gasteiger partial charge in [-0.2, -0.15) is 0 Å². The predicted octanol–water partition coefficient (Wildman–Crippen LogP) is 0.907. The van der Waals surface area contributed by atoms with Crippen LogP contribution in [0.1, 0.15) is 40.6 Å². The van der Waals surface area contributed by atoms with Gasteiger partial charge in [-0.3, -0.25) is 14.4 Å². The molecule has 0 atom stereocenters. The number of H-pyrrole nitrogens is 1. The minimum absolute atomic E-state index is 0.0117. The van der Waals surface area contributed by atoms with Crippen molar-refractivity contribution in [3.8, 4) is 0 Å². The highest BCUT2D eigenvalue weighted by Gasteiger charge is 2.34. The van der Waals surface area contributed by atoms with Crippen LogP contribution in [0.4, 0.5) is 0 Å². The van der Waals surface area contributed by atoms with Gasteiger partial charge in [-0.15, -0.1) is 0 Å². The highest BCUT2D eigenvalue weighted by Crippen LogP contribution is 2.28. The summed E-state index contributed by atoms with van der Waals surface area (Å²) in [4.78, 5) is 38.0. The maximum absolute atomic E-state index is 12.1. The number of carbonyl (C=O) groups is 3. The fourth-order valence-electron chi connectivity index (χ4n) is 1.77. The molecule has 1 amide bonds. The highest BCUT2D eigenvalue weighted by molar-refractivity contribution is 5.99. The predicted molar refractivity (Wildman–Crippen MR) is 62.5 cm³/mol. The summed E-state index contributed by atoms with van der Waals surface area (Å²) in [6.07, 6.45) is 3.13. The molecule has 0 bridgehead atoms. The summed E-state index contributed by atoms with van der Waals surface area (Å²) in [6, 6.07) is 1.47. The van der Waals surface area contributed by atoms with Gasteiger partial charge in [-0.05, 0) is 25.8 Å². The van der Waals surface area contributed by atoms with Crippen LogP contribution in [0, 0.1) is 0 Å². The average Bonchev–Trinajstić information content (AvgIpc) is 3.00. The number of ketones is 1. The lowest BCUT2D eigenvalue weighted by Crippen LogP contribution is -2.37. The van der Waals surface area contributed by atoms with E-state index >= 15 is 0 Å². The molecule has 0 saturated heterocycles. The van der Waals surface area contributed by atoms with Gasteiger partial charge in [0, 0.05) is 17.8 Å². The van der Waals surface area contributed by atoms with Crippen LogP contribution in [0.2, 0.25) is 0 Å². The van der Waals surface area contributed by atoms with E-state index in [0.29, 0.717) is 5.56 Å². The van der Waals surface area contributed by atoms with Crippen molar-refractivity contribution < 1.29 is 19.5 Å². The summed E-state index contributed by atoms with van der Waals surface area (Å²) in [7, 11) is 0. The Labute approximate surface area is 104 Å². The Morgan fingerprint density at radius 1 is 1.44 bits per heavy atom. The maximum Gasteiger partial charge on any atom is 0.323 e. The number of carbonyl (C=O) groups excluding carboxylic acids is 2. The molecule has 1 aromatic heterocycles. The van der Waals surface area contributed by atoms with Crippen LogP contribution in [0.25, 0.3) is 0 Å². The fraction of sp³-hybridized carbons (Fsp3) is 0.417. The molecule has 0 aromatic carbocycles. The minimum atomic E-state index is -1.03. The first kappa shape index (κ1) is 12.3. The Balaban J connectivity index is 2.16. The largest absolute Gasteiger partial charge is 0.480 e. The smallest absolute Gasteiger partial charge is 0.323 e. The van der Waals surface area contributed by atoms with Crippen molar-refractivity contribution in [2.75, 3.05) is 6.54 Å². The average molecular weight is 250 g/mol. The lowest BCUT2D eigenvalue weighted by Gasteiger charge is -2.19. The number of nitrogens with zero attached hydrogens (tertiary/aromatic N) is 1. The summed E-state index contributed by atoms with van der Waals surface area (Å²) in [5, 5.41) is 8.79. The van der Waals surface area contributed by atoms with Gasteiger partial charge in [0.1, 0.15) is 12.2 Å². The normalized spacial score (nSPS) is 14.3. The first-order valence-corrected chi connectivity index (χ1v) is 5.71. The summed E-state index contributed by atoms with van der Waals surface area (Å²) < 4.78 is 0. The molecular weight excluding hydrogens is 236 g/mol. The molecule has 96 valence electrons. The molecule has 0 unspecified atom stereocenters. The molecular formula is C12H14N2O4.